The summed E-state index contributed by atoms with van der Waals surface area (Å²) >= 11 is 0. The Bertz CT molecular complexity index is 440. The normalized spacial score (nSPS) is 22.3. The second kappa shape index (κ2) is 8.46. The van der Waals surface area contributed by atoms with Crippen LogP contribution in [0, 0.1) is 5.82 Å². The van der Waals surface area contributed by atoms with Gasteiger partial charge in [-0.3, -0.25) is 4.90 Å². The van der Waals surface area contributed by atoms with Crippen LogP contribution in [0.2, 0.25) is 0 Å². The number of rotatable bonds is 7. The maximum Gasteiger partial charge on any atom is 0.123 e. The van der Waals surface area contributed by atoms with Crippen LogP contribution in [0.5, 0.6) is 5.75 Å². The summed E-state index contributed by atoms with van der Waals surface area (Å²) in [5.74, 6) is 0.238. The van der Waals surface area contributed by atoms with Gasteiger partial charge in [-0.05, 0) is 50.1 Å². The number of β-amino-alcohol motifs (C(OH)–C–C–N with tert-alkyl or cyclic N) is 1. The number of likely N-dealkylation sites (tertiary alicyclic amines) is 1. The van der Waals surface area contributed by atoms with E-state index in [0.29, 0.717) is 12.3 Å². The standard InChI is InChI=1S/C17H26FNO3/c1-2-17(21)16-5-3-4-10-19(16)11-14(20)12-22-15-8-6-13(18)7-9-15/h6-9,14,16-17,20-21H,2-5,10-12H2,1H3. The highest BCUT2D eigenvalue weighted by molar-refractivity contribution is 5.22. The Labute approximate surface area is 131 Å². The van der Waals surface area contributed by atoms with Gasteiger partial charge in [-0.2, -0.15) is 0 Å². The summed E-state index contributed by atoms with van der Waals surface area (Å²) in [7, 11) is 0. The van der Waals surface area contributed by atoms with Crippen molar-refractivity contribution in [2.24, 2.45) is 0 Å². The van der Waals surface area contributed by atoms with Gasteiger partial charge in [0.1, 0.15) is 24.3 Å². The number of ether oxygens (including phenoxy) is 1. The SMILES string of the molecule is CCC(O)C1CCCCN1CC(O)COc1ccc(F)cc1. The minimum Gasteiger partial charge on any atom is -0.491 e. The Kier molecular flexibility index (Phi) is 6.61. The molecule has 1 aromatic rings. The lowest BCUT2D eigenvalue weighted by atomic mass is 9.95. The molecular weight excluding hydrogens is 285 g/mol. The molecule has 2 rings (SSSR count). The molecule has 2 N–H and O–H groups in total. The van der Waals surface area contributed by atoms with Gasteiger partial charge in [0.2, 0.25) is 0 Å². The van der Waals surface area contributed by atoms with Crippen LogP contribution in [-0.4, -0.2) is 53.1 Å². The number of halogens is 1. The van der Waals surface area contributed by atoms with Crippen LogP contribution in [0.25, 0.3) is 0 Å². The van der Waals surface area contributed by atoms with Gasteiger partial charge in [-0.15, -0.1) is 0 Å². The maximum atomic E-state index is 12.8. The number of aliphatic hydroxyl groups is 2. The minimum absolute atomic E-state index is 0.124. The van der Waals surface area contributed by atoms with E-state index in [9.17, 15) is 14.6 Å². The molecular formula is C17H26FNO3. The summed E-state index contributed by atoms with van der Waals surface area (Å²) in [5.41, 5.74) is 0. The fourth-order valence-corrected chi connectivity index (χ4v) is 3.00. The number of nitrogens with zero attached hydrogens (tertiary/aromatic N) is 1. The molecule has 0 amide bonds. The van der Waals surface area contributed by atoms with Crippen LogP contribution < -0.4 is 4.74 Å². The molecule has 0 bridgehead atoms. The van der Waals surface area contributed by atoms with Gasteiger partial charge in [0, 0.05) is 12.6 Å². The molecule has 4 nitrogen and oxygen atoms in total. The molecule has 0 aromatic heterocycles. The minimum atomic E-state index is -0.630. The molecule has 0 spiro atoms. The van der Waals surface area contributed by atoms with Gasteiger partial charge in [-0.25, -0.2) is 4.39 Å². The molecule has 124 valence electrons. The van der Waals surface area contributed by atoms with Crippen LogP contribution in [0.1, 0.15) is 32.6 Å². The van der Waals surface area contributed by atoms with Crippen molar-refractivity contribution in [3.8, 4) is 5.75 Å². The first-order valence-corrected chi connectivity index (χ1v) is 8.08. The monoisotopic (exact) mass is 311 g/mol. The zero-order chi connectivity index (χ0) is 15.9. The summed E-state index contributed by atoms with van der Waals surface area (Å²) in [6.45, 7) is 3.53. The van der Waals surface area contributed by atoms with E-state index in [2.05, 4.69) is 4.90 Å². The van der Waals surface area contributed by atoms with Crippen LogP contribution >= 0.6 is 0 Å². The molecule has 1 aliphatic rings. The molecule has 3 unspecified atom stereocenters. The molecule has 3 atom stereocenters. The molecule has 0 saturated carbocycles. The summed E-state index contributed by atoms with van der Waals surface area (Å²) in [6, 6.07) is 5.89. The first-order chi connectivity index (χ1) is 10.6. The summed E-state index contributed by atoms with van der Waals surface area (Å²) in [4.78, 5) is 2.16. The van der Waals surface area contributed by atoms with E-state index < -0.39 is 6.10 Å². The van der Waals surface area contributed by atoms with Crippen molar-refractivity contribution in [3.63, 3.8) is 0 Å². The number of piperidine rings is 1. The lowest BCUT2D eigenvalue weighted by molar-refractivity contribution is -0.0100. The van der Waals surface area contributed by atoms with Gasteiger partial charge < -0.3 is 14.9 Å². The Morgan fingerprint density at radius 2 is 2.00 bits per heavy atom. The van der Waals surface area contributed by atoms with Crippen molar-refractivity contribution in [1.29, 1.82) is 0 Å². The maximum absolute atomic E-state index is 12.8. The molecule has 0 aliphatic carbocycles. The summed E-state index contributed by atoms with van der Waals surface area (Å²) in [6.07, 6.45) is 2.95. The Hall–Kier alpha value is -1.17. The average molecular weight is 311 g/mol. The lowest BCUT2D eigenvalue weighted by Crippen LogP contribution is -2.50. The number of hydrogen-bond donors (Lipinski definition) is 2. The van der Waals surface area contributed by atoms with Crippen molar-refractivity contribution in [2.75, 3.05) is 19.7 Å². The first-order valence-electron chi connectivity index (χ1n) is 8.08. The Morgan fingerprint density at radius 3 is 2.68 bits per heavy atom. The van der Waals surface area contributed by atoms with Crippen LogP contribution in [0.15, 0.2) is 24.3 Å². The largest absolute Gasteiger partial charge is 0.491 e. The van der Waals surface area contributed by atoms with Crippen molar-refractivity contribution in [1.82, 2.24) is 4.90 Å². The third-order valence-corrected chi connectivity index (χ3v) is 4.23. The van der Waals surface area contributed by atoms with E-state index in [0.717, 1.165) is 32.2 Å². The highest BCUT2D eigenvalue weighted by atomic mass is 19.1. The highest BCUT2D eigenvalue weighted by Crippen LogP contribution is 2.21. The Balaban J connectivity index is 1.81. The van der Waals surface area contributed by atoms with Gasteiger partial charge in [0.05, 0.1) is 6.10 Å². The quantitative estimate of drug-likeness (QED) is 0.810. The van der Waals surface area contributed by atoms with Crippen molar-refractivity contribution >= 4 is 0 Å². The van der Waals surface area contributed by atoms with E-state index in [1.54, 1.807) is 12.1 Å². The molecule has 0 radical (unpaired) electrons. The van der Waals surface area contributed by atoms with Crippen molar-refractivity contribution in [3.05, 3.63) is 30.1 Å². The second-order valence-corrected chi connectivity index (χ2v) is 5.95. The predicted molar refractivity (Wildman–Crippen MR) is 83.4 cm³/mol. The molecule has 1 heterocycles. The third-order valence-electron chi connectivity index (χ3n) is 4.23. The van der Waals surface area contributed by atoms with Gasteiger partial charge in [0.15, 0.2) is 0 Å². The number of hydrogen-bond acceptors (Lipinski definition) is 4. The summed E-state index contributed by atoms with van der Waals surface area (Å²) < 4.78 is 18.3. The van der Waals surface area contributed by atoms with E-state index in [-0.39, 0.29) is 24.6 Å². The topological polar surface area (TPSA) is 52.9 Å². The average Bonchev–Trinajstić information content (AvgIpc) is 2.54. The van der Waals surface area contributed by atoms with Crippen LogP contribution in [0.3, 0.4) is 0 Å². The van der Waals surface area contributed by atoms with Crippen molar-refractivity contribution < 1.29 is 19.3 Å². The van der Waals surface area contributed by atoms with Crippen LogP contribution in [-0.2, 0) is 0 Å². The molecule has 1 fully saturated rings. The van der Waals surface area contributed by atoms with E-state index in [1.807, 2.05) is 6.92 Å². The predicted octanol–water partition coefficient (Wildman–Crippen LogP) is 2.19. The van der Waals surface area contributed by atoms with Gasteiger partial charge in [-0.1, -0.05) is 13.3 Å². The zero-order valence-electron chi connectivity index (χ0n) is 13.1. The number of aliphatic hydroxyl groups excluding tert-OH is 2. The Morgan fingerprint density at radius 1 is 1.27 bits per heavy atom. The van der Waals surface area contributed by atoms with E-state index >= 15 is 0 Å². The molecule has 22 heavy (non-hydrogen) atoms. The van der Waals surface area contributed by atoms with Crippen LogP contribution in [0.4, 0.5) is 4.39 Å². The smallest absolute Gasteiger partial charge is 0.123 e. The third kappa shape index (κ3) is 4.93. The highest BCUT2D eigenvalue weighted by Gasteiger charge is 2.29. The van der Waals surface area contributed by atoms with Gasteiger partial charge in [0.25, 0.3) is 0 Å². The summed E-state index contributed by atoms with van der Waals surface area (Å²) in [5, 5.41) is 20.3. The lowest BCUT2D eigenvalue weighted by Gasteiger charge is -2.39. The van der Waals surface area contributed by atoms with E-state index in [1.165, 1.54) is 12.1 Å². The number of benzene rings is 1. The zero-order valence-corrected chi connectivity index (χ0v) is 13.1. The molecule has 1 aromatic carbocycles. The molecule has 1 aliphatic heterocycles. The second-order valence-electron chi connectivity index (χ2n) is 5.95. The fraction of sp³-hybridized carbons (Fsp3) is 0.647. The van der Waals surface area contributed by atoms with Crippen molar-refractivity contribution in [2.45, 2.75) is 50.9 Å². The molecule has 1 saturated heterocycles. The van der Waals surface area contributed by atoms with E-state index in [4.69, 9.17) is 4.74 Å². The first kappa shape index (κ1) is 17.2. The van der Waals surface area contributed by atoms with Gasteiger partial charge >= 0.3 is 0 Å². The molecule has 5 heteroatoms. The fourth-order valence-electron chi connectivity index (χ4n) is 3.00.